The van der Waals surface area contributed by atoms with Crippen LogP contribution >= 0.6 is 0 Å². The summed E-state index contributed by atoms with van der Waals surface area (Å²) in [5, 5.41) is 2.88. The van der Waals surface area contributed by atoms with Gasteiger partial charge in [-0.15, -0.1) is 0 Å². The molecule has 1 aliphatic rings. The zero-order valence-corrected chi connectivity index (χ0v) is 4.92. The van der Waals surface area contributed by atoms with E-state index >= 15 is 0 Å². The lowest BCUT2D eigenvalue weighted by Gasteiger charge is -2.02. The van der Waals surface area contributed by atoms with Crippen molar-refractivity contribution in [2.24, 2.45) is 0 Å². The highest BCUT2D eigenvalue weighted by molar-refractivity contribution is 5.52. The van der Waals surface area contributed by atoms with Crippen molar-refractivity contribution in [2.45, 2.75) is 6.42 Å². The van der Waals surface area contributed by atoms with Crippen LogP contribution in [0.5, 0.6) is 0 Å². The van der Waals surface area contributed by atoms with Crippen LogP contribution in [0.15, 0.2) is 30.1 Å². The molecule has 1 N–H and O–H groups in total. The summed E-state index contributed by atoms with van der Waals surface area (Å²) in [5.41, 5.74) is 0.826. The number of nitrogens with one attached hydrogen (secondary N) is 1. The van der Waals surface area contributed by atoms with Gasteiger partial charge in [0.15, 0.2) is 0 Å². The molecule has 0 aromatic carbocycles. The summed E-state index contributed by atoms with van der Waals surface area (Å²) in [7, 11) is 0. The Morgan fingerprint density at radius 3 is 3.22 bits per heavy atom. The molecule has 2 heteroatoms. The predicted octanol–water partition coefficient (Wildman–Crippen LogP) is 0.765. The second-order valence-corrected chi connectivity index (χ2v) is 1.70. The maximum absolute atomic E-state index is 9.79. The van der Waals surface area contributed by atoms with Crippen molar-refractivity contribution in [3.8, 4) is 0 Å². The standard InChI is InChI=1S/C7H7NO/c9-6-4-7-3-1-2-5-8-7/h2-5,8H,1H2. The van der Waals surface area contributed by atoms with Gasteiger partial charge in [0.1, 0.15) is 5.94 Å². The molecule has 0 bridgehead atoms. The largest absolute Gasteiger partial charge is 0.362 e. The number of hydrogen-bond acceptors (Lipinski definition) is 2. The molecule has 1 heterocycles. The van der Waals surface area contributed by atoms with Gasteiger partial charge in [0.2, 0.25) is 0 Å². The molecule has 0 atom stereocenters. The highest BCUT2D eigenvalue weighted by Crippen LogP contribution is 1.98. The van der Waals surface area contributed by atoms with Crippen LogP contribution in [0, 0.1) is 0 Å². The minimum absolute atomic E-state index is 0.826. The van der Waals surface area contributed by atoms with Crippen LogP contribution in [0.25, 0.3) is 0 Å². The molecule has 0 aromatic rings. The molecule has 1 aliphatic heterocycles. The second kappa shape index (κ2) is 2.90. The molecule has 2 nitrogen and oxygen atoms in total. The Labute approximate surface area is 53.6 Å². The average Bonchev–Trinajstić information content (AvgIpc) is 1.91. The number of allylic oxidation sites excluding steroid dienone is 3. The van der Waals surface area contributed by atoms with Gasteiger partial charge in [-0.2, -0.15) is 0 Å². The molecule has 9 heavy (non-hydrogen) atoms. The minimum atomic E-state index is 0.826. The lowest BCUT2D eigenvalue weighted by atomic mass is 10.2. The highest BCUT2D eigenvalue weighted by atomic mass is 16.1. The molecule has 0 saturated heterocycles. The van der Waals surface area contributed by atoms with Crippen molar-refractivity contribution in [2.75, 3.05) is 0 Å². The SMILES string of the molecule is O=C=CC1=CCC=CN1. The molecule has 1 rings (SSSR count). The Hall–Kier alpha value is -1.27. The van der Waals surface area contributed by atoms with E-state index in [2.05, 4.69) is 5.32 Å². The van der Waals surface area contributed by atoms with Crippen LogP contribution in [0.1, 0.15) is 6.42 Å². The number of dihydropyridines is 1. The summed E-state index contributed by atoms with van der Waals surface area (Å²) >= 11 is 0. The van der Waals surface area contributed by atoms with Crippen molar-refractivity contribution in [3.05, 3.63) is 30.1 Å². The van der Waals surface area contributed by atoms with E-state index in [4.69, 9.17) is 0 Å². The number of rotatable bonds is 1. The van der Waals surface area contributed by atoms with Gasteiger partial charge in [-0.3, -0.25) is 0 Å². The first-order valence-electron chi connectivity index (χ1n) is 2.76. The molecular formula is C7H7NO. The van der Waals surface area contributed by atoms with Crippen molar-refractivity contribution in [1.82, 2.24) is 5.32 Å². The molecular weight excluding hydrogens is 114 g/mol. The van der Waals surface area contributed by atoms with Gasteiger partial charge in [0.05, 0.1) is 0 Å². The smallest absolute Gasteiger partial charge is 0.126 e. The van der Waals surface area contributed by atoms with Gasteiger partial charge >= 0.3 is 0 Å². The molecule has 0 unspecified atom stereocenters. The average molecular weight is 121 g/mol. The quantitative estimate of drug-likeness (QED) is 0.519. The summed E-state index contributed by atoms with van der Waals surface area (Å²) in [4.78, 5) is 9.79. The highest BCUT2D eigenvalue weighted by Gasteiger charge is 1.90. The zero-order valence-electron chi connectivity index (χ0n) is 4.92. The topological polar surface area (TPSA) is 29.1 Å². The monoisotopic (exact) mass is 121 g/mol. The maximum Gasteiger partial charge on any atom is 0.126 e. The lowest BCUT2D eigenvalue weighted by Crippen LogP contribution is -2.04. The molecule has 0 saturated carbocycles. The van der Waals surface area contributed by atoms with E-state index in [9.17, 15) is 4.79 Å². The van der Waals surface area contributed by atoms with E-state index < -0.39 is 0 Å². The van der Waals surface area contributed by atoms with Crippen molar-refractivity contribution in [1.29, 1.82) is 0 Å². The van der Waals surface area contributed by atoms with Gasteiger partial charge in [-0.1, -0.05) is 12.2 Å². The first kappa shape index (κ1) is 5.86. The fraction of sp³-hybridized carbons (Fsp3) is 0.143. The Morgan fingerprint density at radius 1 is 1.78 bits per heavy atom. The van der Waals surface area contributed by atoms with Crippen LogP contribution in [0.3, 0.4) is 0 Å². The number of carbonyl (C=O) groups excluding carboxylic acids is 1. The fourth-order valence-corrected chi connectivity index (χ4v) is 0.641. The first-order chi connectivity index (χ1) is 4.43. The van der Waals surface area contributed by atoms with E-state index in [1.807, 2.05) is 18.4 Å². The van der Waals surface area contributed by atoms with Gasteiger partial charge in [-0.05, 0) is 12.6 Å². The summed E-state index contributed by atoms with van der Waals surface area (Å²) < 4.78 is 0. The van der Waals surface area contributed by atoms with Crippen molar-refractivity contribution in [3.63, 3.8) is 0 Å². The Morgan fingerprint density at radius 2 is 2.67 bits per heavy atom. The zero-order chi connectivity index (χ0) is 6.53. The third-order valence-electron chi connectivity index (χ3n) is 1.06. The molecule has 0 amide bonds. The Kier molecular flexibility index (Phi) is 1.89. The normalized spacial score (nSPS) is 15.3. The van der Waals surface area contributed by atoms with E-state index in [0.717, 1.165) is 12.1 Å². The number of hydrogen-bond donors (Lipinski definition) is 1. The third kappa shape index (κ3) is 1.59. The van der Waals surface area contributed by atoms with Gasteiger partial charge in [-0.25, -0.2) is 4.79 Å². The van der Waals surface area contributed by atoms with Crippen molar-refractivity contribution < 1.29 is 4.79 Å². The minimum Gasteiger partial charge on any atom is -0.362 e. The van der Waals surface area contributed by atoms with Crippen LogP contribution in [-0.2, 0) is 4.79 Å². The van der Waals surface area contributed by atoms with E-state index in [0.29, 0.717) is 0 Å². The molecule has 0 fully saturated rings. The summed E-state index contributed by atoms with van der Waals surface area (Å²) in [6.07, 6.45) is 7.97. The Balaban J connectivity index is 2.60. The lowest BCUT2D eigenvalue weighted by molar-refractivity contribution is 0.568. The Bertz CT molecular complexity index is 197. The molecule has 0 aliphatic carbocycles. The molecule has 46 valence electrons. The predicted molar refractivity (Wildman–Crippen MR) is 35.2 cm³/mol. The van der Waals surface area contributed by atoms with Gasteiger partial charge < -0.3 is 5.32 Å². The maximum atomic E-state index is 9.79. The van der Waals surface area contributed by atoms with E-state index in [1.54, 1.807) is 5.94 Å². The summed E-state index contributed by atoms with van der Waals surface area (Å²) in [6.45, 7) is 0. The second-order valence-electron chi connectivity index (χ2n) is 1.70. The van der Waals surface area contributed by atoms with Gasteiger partial charge in [0, 0.05) is 11.8 Å². The fourth-order valence-electron chi connectivity index (χ4n) is 0.641. The van der Waals surface area contributed by atoms with Gasteiger partial charge in [0.25, 0.3) is 0 Å². The summed E-state index contributed by atoms with van der Waals surface area (Å²) in [5.74, 6) is 1.70. The van der Waals surface area contributed by atoms with Crippen molar-refractivity contribution >= 4 is 5.94 Å². The van der Waals surface area contributed by atoms with Crippen LogP contribution in [0.2, 0.25) is 0 Å². The summed E-state index contributed by atoms with van der Waals surface area (Å²) in [6, 6.07) is 0. The van der Waals surface area contributed by atoms with E-state index in [1.165, 1.54) is 6.08 Å². The van der Waals surface area contributed by atoms with Crippen LogP contribution in [0.4, 0.5) is 0 Å². The van der Waals surface area contributed by atoms with E-state index in [-0.39, 0.29) is 0 Å². The third-order valence-corrected chi connectivity index (χ3v) is 1.06. The molecule has 0 radical (unpaired) electrons. The first-order valence-corrected chi connectivity index (χ1v) is 2.76. The van der Waals surface area contributed by atoms with Crippen LogP contribution in [-0.4, -0.2) is 5.94 Å². The molecule has 0 spiro atoms. The molecule has 0 aromatic heterocycles. The van der Waals surface area contributed by atoms with Crippen LogP contribution < -0.4 is 5.32 Å².